The molecule has 6 rings (SSSR count). The number of fused-ring (bicyclic) bond motifs is 1. The topological polar surface area (TPSA) is 137 Å². The van der Waals surface area contributed by atoms with E-state index in [-0.39, 0.29) is 34.4 Å². The number of benzene rings is 1. The van der Waals surface area contributed by atoms with Gasteiger partial charge in [0.25, 0.3) is 5.91 Å². The van der Waals surface area contributed by atoms with Crippen molar-refractivity contribution in [1.82, 2.24) is 24.9 Å². The van der Waals surface area contributed by atoms with Gasteiger partial charge in [0.05, 0.1) is 27.1 Å². The zero-order valence-electron chi connectivity index (χ0n) is 23.4. The number of rotatable bonds is 8. The molecule has 13 heteroatoms. The van der Waals surface area contributed by atoms with Gasteiger partial charge in [-0.2, -0.15) is 0 Å². The molecule has 216 valence electrons. The molecule has 1 aliphatic carbocycles. The van der Waals surface area contributed by atoms with Gasteiger partial charge in [0.1, 0.15) is 11.6 Å². The average Bonchev–Trinajstić information content (AvgIpc) is 3.67. The van der Waals surface area contributed by atoms with Gasteiger partial charge in [-0.1, -0.05) is 17.4 Å². The monoisotopic (exact) mass is 595 g/mol. The summed E-state index contributed by atoms with van der Waals surface area (Å²) < 4.78 is 28.6. The van der Waals surface area contributed by atoms with Crippen LogP contribution in [0.25, 0.3) is 10.4 Å². The van der Waals surface area contributed by atoms with E-state index in [4.69, 9.17) is 0 Å². The van der Waals surface area contributed by atoms with Gasteiger partial charge in [-0.05, 0) is 82.0 Å². The Kier molecular flexibility index (Phi) is 7.09. The average molecular weight is 596 g/mol. The first-order valence-corrected chi connectivity index (χ1v) is 16.1. The maximum Gasteiger partial charge on any atom is 0.256 e. The second-order valence-corrected chi connectivity index (χ2v) is 13.7. The van der Waals surface area contributed by atoms with E-state index in [0.29, 0.717) is 53.4 Å². The number of hydrogen-bond donors (Lipinski definition) is 3. The molecule has 2 atom stereocenters. The number of aromatic nitrogens is 2. The van der Waals surface area contributed by atoms with Gasteiger partial charge < -0.3 is 15.5 Å². The number of hydrogen-bond acceptors (Lipinski definition) is 9. The molecule has 3 aliphatic rings. The molecule has 1 aromatic carbocycles. The fourth-order valence-electron chi connectivity index (χ4n) is 5.58. The van der Waals surface area contributed by atoms with Gasteiger partial charge in [-0.3, -0.25) is 14.5 Å². The highest BCUT2D eigenvalue weighted by Gasteiger charge is 2.41. The van der Waals surface area contributed by atoms with Crippen LogP contribution in [0.2, 0.25) is 0 Å². The van der Waals surface area contributed by atoms with Crippen LogP contribution in [0.1, 0.15) is 48.3 Å². The maximum absolute atomic E-state index is 13.4. The molecule has 1 saturated carbocycles. The number of amides is 2. The number of nitrogens with one attached hydrogen (secondary N) is 3. The van der Waals surface area contributed by atoms with E-state index in [9.17, 15) is 18.0 Å². The summed E-state index contributed by atoms with van der Waals surface area (Å²) >= 11 is 1.38. The van der Waals surface area contributed by atoms with Crippen molar-refractivity contribution >= 4 is 49.9 Å². The van der Waals surface area contributed by atoms with Crippen molar-refractivity contribution in [3.05, 3.63) is 47.2 Å². The quantitative estimate of drug-likeness (QED) is 0.361. The van der Waals surface area contributed by atoms with E-state index in [2.05, 4.69) is 25.3 Å². The predicted molar refractivity (Wildman–Crippen MR) is 158 cm³/mol. The molecule has 0 spiro atoms. The summed E-state index contributed by atoms with van der Waals surface area (Å²) in [6.07, 6.45) is 2.18. The van der Waals surface area contributed by atoms with Gasteiger partial charge in [0.15, 0.2) is 5.13 Å². The summed E-state index contributed by atoms with van der Waals surface area (Å²) in [4.78, 5) is 39.7. The lowest BCUT2D eigenvalue weighted by Gasteiger charge is -2.30. The summed E-state index contributed by atoms with van der Waals surface area (Å²) in [6.45, 7) is 7.36. The standard InChI is InChI=1S/C28H33N7O4S2/c1-15-25(40-28(31-15)33-22-6-5-7-23(32-22)34-11-10-30-16(2)26(34)36)19-12-20-14-35(17(3)18-8-9-18)27(37)24(20)21(13-19)41(38,39)29-4/h5-7,12-13,16-18,29-30H,8-11,14H2,1-4H3,(H,31,32,33)/t16-,17+/m1/s1. The minimum absolute atomic E-state index is 0.00501. The number of pyridine rings is 1. The summed E-state index contributed by atoms with van der Waals surface area (Å²) in [5.41, 5.74) is 2.38. The fraction of sp³-hybridized carbons (Fsp3) is 0.429. The molecular formula is C28H33N7O4S2. The number of sulfonamides is 1. The van der Waals surface area contributed by atoms with Gasteiger partial charge in [0, 0.05) is 25.7 Å². The molecule has 2 aliphatic heterocycles. The molecule has 0 unspecified atom stereocenters. The molecule has 0 radical (unpaired) electrons. The number of piperazine rings is 1. The molecule has 2 fully saturated rings. The SMILES string of the molecule is CNS(=O)(=O)c1cc(-c2sc(Nc3cccc(N4CCN[C@H](C)C4=O)n3)nc2C)cc2c1C(=O)N([C@@H](C)C1CC1)C2. The van der Waals surface area contributed by atoms with Gasteiger partial charge in [-0.15, -0.1) is 0 Å². The van der Waals surface area contributed by atoms with E-state index >= 15 is 0 Å². The lowest BCUT2D eigenvalue weighted by molar-refractivity contribution is -0.121. The van der Waals surface area contributed by atoms with Crippen molar-refractivity contribution in [3.8, 4) is 10.4 Å². The van der Waals surface area contributed by atoms with E-state index in [0.717, 1.165) is 23.4 Å². The summed E-state index contributed by atoms with van der Waals surface area (Å²) in [5, 5.41) is 6.99. The smallest absolute Gasteiger partial charge is 0.256 e. The van der Waals surface area contributed by atoms with Crippen LogP contribution in [-0.4, -0.2) is 67.3 Å². The highest BCUT2D eigenvalue weighted by Crippen LogP contribution is 2.42. The van der Waals surface area contributed by atoms with E-state index in [1.54, 1.807) is 15.9 Å². The first-order chi connectivity index (χ1) is 19.6. The van der Waals surface area contributed by atoms with Crippen LogP contribution in [-0.2, 0) is 21.4 Å². The summed E-state index contributed by atoms with van der Waals surface area (Å²) in [5.74, 6) is 1.32. The molecule has 2 aromatic heterocycles. The van der Waals surface area contributed by atoms with Crippen molar-refractivity contribution in [1.29, 1.82) is 0 Å². The third-order valence-corrected chi connectivity index (χ3v) is 10.6. The van der Waals surface area contributed by atoms with E-state index in [1.807, 2.05) is 45.0 Å². The van der Waals surface area contributed by atoms with Crippen LogP contribution in [0.5, 0.6) is 0 Å². The number of thiazole rings is 1. The Labute approximate surface area is 243 Å². The Morgan fingerprint density at radius 1 is 1.17 bits per heavy atom. The summed E-state index contributed by atoms with van der Waals surface area (Å²) in [7, 11) is -2.54. The van der Waals surface area contributed by atoms with Crippen molar-refractivity contribution < 1.29 is 18.0 Å². The van der Waals surface area contributed by atoms with Crippen LogP contribution in [0.15, 0.2) is 35.2 Å². The third-order valence-electron chi connectivity index (χ3n) is 8.08. The van der Waals surface area contributed by atoms with Crippen LogP contribution >= 0.6 is 11.3 Å². The lowest BCUT2D eigenvalue weighted by atomic mass is 10.0. The Bertz CT molecular complexity index is 1650. The van der Waals surface area contributed by atoms with Crippen LogP contribution in [0.3, 0.4) is 0 Å². The minimum Gasteiger partial charge on any atom is -0.331 e. The van der Waals surface area contributed by atoms with Crippen molar-refractivity contribution in [2.24, 2.45) is 5.92 Å². The Balaban J connectivity index is 1.32. The third kappa shape index (κ3) is 5.11. The molecule has 3 N–H and O–H groups in total. The normalized spacial score (nSPS) is 20.0. The van der Waals surface area contributed by atoms with Gasteiger partial charge in [-0.25, -0.2) is 23.1 Å². The van der Waals surface area contributed by atoms with E-state index < -0.39 is 10.0 Å². The number of carbonyl (C=O) groups excluding carboxylic acids is 2. The van der Waals surface area contributed by atoms with Crippen molar-refractivity contribution in [3.63, 3.8) is 0 Å². The largest absolute Gasteiger partial charge is 0.331 e. The lowest BCUT2D eigenvalue weighted by Crippen LogP contribution is -2.54. The van der Waals surface area contributed by atoms with Crippen molar-refractivity contribution in [2.75, 3.05) is 30.4 Å². The van der Waals surface area contributed by atoms with Gasteiger partial charge in [0.2, 0.25) is 15.9 Å². The molecule has 41 heavy (non-hydrogen) atoms. The van der Waals surface area contributed by atoms with Crippen molar-refractivity contribution in [2.45, 2.75) is 57.1 Å². The number of aryl methyl sites for hydroxylation is 1. The maximum atomic E-state index is 13.4. The highest BCUT2D eigenvalue weighted by atomic mass is 32.2. The Morgan fingerprint density at radius 3 is 2.68 bits per heavy atom. The fourth-order valence-corrected chi connectivity index (χ4v) is 7.53. The van der Waals surface area contributed by atoms with Crippen LogP contribution in [0, 0.1) is 12.8 Å². The zero-order chi connectivity index (χ0) is 29.1. The molecule has 11 nitrogen and oxygen atoms in total. The van der Waals surface area contributed by atoms with E-state index in [1.165, 1.54) is 18.4 Å². The molecule has 0 bridgehead atoms. The van der Waals surface area contributed by atoms with Gasteiger partial charge >= 0.3 is 0 Å². The number of nitrogens with zero attached hydrogens (tertiary/aromatic N) is 4. The second kappa shape index (κ2) is 10.5. The molecule has 3 aromatic rings. The second-order valence-electron chi connectivity index (χ2n) is 10.8. The Hall–Kier alpha value is -3.39. The summed E-state index contributed by atoms with van der Waals surface area (Å²) in [6, 6.07) is 8.75. The zero-order valence-corrected chi connectivity index (χ0v) is 25.0. The van der Waals surface area contributed by atoms with Crippen LogP contribution < -0.4 is 20.3 Å². The molecule has 4 heterocycles. The Morgan fingerprint density at radius 2 is 1.95 bits per heavy atom. The van der Waals surface area contributed by atoms with Crippen LogP contribution in [0.4, 0.5) is 16.8 Å². The number of carbonyl (C=O) groups is 2. The first kappa shape index (κ1) is 27.8. The molecular weight excluding hydrogens is 562 g/mol. The predicted octanol–water partition coefficient (Wildman–Crippen LogP) is 3.24. The highest BCUT2D eigenvalue weighted by molar-refractivity contribution is 7.89. The molecule has 1 saturated heterocycles. The number of anilines is 3. The first-order valence-electron chi connectivity index (χ1n) is 13.8. The minimum atomic E-state index is -3.89. The molecule has 2 amide bonds.